The van der Waals surface area contributed by atoms with Crippen LogP contribution in [0.3, 0.4) is 0 Å². The fourth-order valence-electron chi connectivity index (χ4n) is 8.87. The summed E-state index contributed by atoms with van der Waals surface area (Å²) in [7, 11) is 0. The molecule has 1 N–H and O–H groups in total. The van der Waals surface area contributed by atoms with Gasteiger partial charge in [-0.15, -0.1) is 0 Å². The van der Waals surface area contributed by atoms with Crippen molar-refractivity contribution in [2.24, 2.45) is 10.8 Å². The van der Waals surface area contributed by atoms with Crippen LogP contribution in [0, 0.1) is 10.8 Å². The summed E-state index contributed by atoms with van der Waals surface area (Å²) in [5.74, 6) is -0.000908. The van der Waals surface area contributed by atoms with Gasteiger partial charge in [-0.3, -0.25) is 14.4 Å². The van der Waals surface area contributed by atoms with E-state index in [1.807, 2.05) is 12.1 Å². The van der Waals surface area contributed by atoms with Crippen molar-refractivity contribution < 1.29 is 77.0 Å². The van der Waals surface area contributed by atoms with Crippen LogP contribution in [0.4, 0.5) is 0 Å². The number of aromatic nitrogens is 4. The number of hydrogen-bond donors (Lipinski definition) is 1. The van der Waals surface area contributed by atoms with E-state index in [-0.39, 0.29) is 115 Å². The Morgan fingerprint density at radius 1 is 0.616 bits per heavy atom. The maximum atomic E-state index is 13.1. The summed E-state index contributed by atoms with van der Waals surface area (Å²) in [6.45, 7) is 12.7. The Hall–Kier alpha value is -4.28. The number of hydrogen-bond acceptors (Lipinski definition) is 13. The number of carbonyl (C=O) groups excluding carboxylic acids is 3. The van der Waals surface area contributed by atoms with Gasteiger partial charge in [-0.25, -0.2) is 0 Å². The van der Waals surface area contributed by atoms with Crippen LogP contribution in [0.1, 0.15) is 175 Å². The van der Waals surface area contributed by atoms with E-state index in [0.29, 0.717) is 65.5 Å². The Morgan fingerprint density at radius 2 is 1.01 bits per heavy atom. The molecule has 0 amide bonds. The molecule has 73 heavy (non-hydrogen) atoms. The molecule has 14 nitrogen and oxygen atoms in total. The molecule has 0 saturated heterocycles. The van der Waals surface area contributed by atoms with Crippen molar-refractivity contribution in [3.63, 3.8) is 0 Å². The van der Waals surface area contributed by atoms with Gasteiger partial charge < -0.3 is 33.1 Å². The molecule has 0 spiro atoms. The van der Waals surface area contributed by atoms with Crippen molar-refractivity contribution in [2.45, 2.75) is 155 Å². The topological polar surface area (TPSA) is 216 Å². The molecule has 2 aliphatic rings. The van der Waals surface area contributed by atoms with E-state index in [4.69, 9.17) is 64.5 Å². The molecule has 4 aromatic heterocycles. The zero-order valence-corrected chi connectivity index (χ0v) is 47.3. The third kappa shape index (κ3) is 16.9. The number of carboxylic acids is 2. The molecule has 0 aliphatic heterocycles. The molecule has 19 heteroatoms. The zero-order valence-electron chi connectivity index (χ0n) is 42.2. The van der Waals surface area contributed by atoms with E-state index in [1.54, 1.807) is 36.4 Å². The zero-order chi connectivity index (χ0) is 52.1. The number of nitrogens with zero attached hydrogens (tertiary/aromatic N) is 4. The minimum absolute atomic E-state index is 0. The largest absolute Gasteiger partial charge is 1.00 e. The number of ketones is 2. The fraction of sp³-hybridized carbons (Fsp3) is 0.481. The Labute approximate surface area is 466 Å². The molecule has 0 radical (unpaired) electrons. The summed E-state index contributed by atoms with van der Waals surface area (Å²) in [4.78, 5) is 48.8. The van der Waals surface area contributed by atoms with Gasteiger partial charge in [0.25, 0.3) is 0 Å². The van der Waals surface area contributed by atoms with Crippen molar-refractivity contribution in [1.29, 1.82) is 0 Å². The summed E-state index contributed by atoms with van der Waals surface area (Å²) in [6, 6.07) is 13.8. The molecule has 2 atom stereocenters. The second-order valence-corrected chi connectivity index (χ2v) is 23.2. The van der Waals surface area contributed by atoms with Crippen molar-refractivity contribution in [3.05, 3.63) is 114 Å². The van der Waals surface area contributed by atoms with Gasteiger partial charge in [0.15, 0.2) is 22.9 Å². The maximum absolute atomic E-state index is 13.1. The van der Waals surface area contributed by atoms with E-state index in [0.717, 1.165) is 61.2 Å². The Kier molecular flexibility index (Phi) is 19.9. The molecule has 0 unspecified atom stereocenters. The predicted molar refractivity (Wildman–Crippen MR) is 270 cm³/mol. The van der Waals surface area contributed by atoms with Gasteiger partial charge in [0.1, 0.15) is 23.1 Å². The molecular formula is C54H59Cl4N4NaO10. The average Bonchev–Trinajstić information content (AvgIpc) is 4.09. The summed E-state index contributed by atoms with van der Waals surface area (Å²) in [5.41, 5.74) is 5.63. The minimum Gasteiger partial charge on any atom is -0.550 e. The first-order valence-electron chi connectivity index (χ1n) is 24.2. The number of benzene rings is 2. The minimum atomic E-state index is -1.17. The van der Waals surface area contributed by atoms with Crippen molar-refractivity contribution in [1.82, 2.24) is 20.6 Å². The average molecular weight is 1090 g/mol. The predicted octanol–water partition coefficient (Wildman–Crippen LogP) is 10.2. The molecule has 8 rings (SSSR count). The van der Waals surface area contributed by atoms with Gasteiger partial charge >= 0.3 is 35.5 Å². The number of rotatable bonds is 22. The van der Waals surface area contributed by atoms with Crippen LogP contribution in [-0.4, -0.2) is 49.2 Å². The van der Waals surface area contributed by atoms with E-state index >= 15 is 0 Å². The van der Waals surface area contributed by atoms with E-state index < -0.39 is 23.8 Å². The second-order valence-electron chi connectivity index (χ2n) is 21.5. The van der Waals surface area contributed by atoms with Crippen LogP contribution in [0.5, 0.6) is 0 Å². The quantitative estimate of drug-likeness (QED) is 0.0626. The van der Waals surface area contributed by atoms with Crippen LogP contribution >= 0.6 is 46.4 Å². The smallest absolute Gasteiger partial charge is 0.550 e. The molecular weight excluding hydrogens is 1030 g/mol. The summed E-state index contributed by atoms with van der Waals surface area (Å²) in [5, 5.41) is 39.6. The van der Waals surface area contributed by atoms with Crippen molar-refractivity contribution in [3.8, 4) is 22.9 Å². The monoisotopic (exact) mass is 1090 g/mol. The van der Waals surface area contributed by atoms with Crippen LogP contribution in [0.15, 0.2) is 66.6 Å². The van der Waals surface area contributed by atoms with Crippen LogP contribution in [0.2, 0.25) is 20.1 Å². The standard InChI is InChI=1S/2C27H30Cl2N2O5.Na/c2*1-27(2,3)14-20-13-22(30-35-20)26-24(15-4-5-15)25(31-36-26)17(7-9-23(33)34)11-19(32)10-16-6-8-18(28)12-21(16)29;/h2*6,8,12-13,15,17H,4-5,7,9-11,14H2,1-3H3,(H,33,34);/q;;+1/p-1/t2*17-;/m00./s1. The maximum Gasteiger partial charge on any atom is 1.00 e. The van der Waals surface area contributed by atoms with E-state index in [2.05, 4.69) is 62.2 Å². The number of carboxylic acid groups (broad SMARTS) is 2. The van der Waals surface area contributed by atoms with Crippen LogP contribution < -0.4 is 34.7 Å². The third-order valence-electron chi connectivity index (χ3n) is 12.4. The van der Waals surface area contributed by atoms with Crippen molar-refractivity contribution in [2.75, 3.05) is 0 Å². The van der Waals surface area contributed by atoms with E-state index in [9.17, 15) is 29.4 Å². The van der Waals surface area contributed by atoms with Gasteiger partial charge in [-0.2, -0.15) is 0 Å². The molecule has 6 aromatic rings. The number of Topliss-reactive ketones (excluding diaryl/α,β-unsaturated/α-hetero) is 2. The van der Waals surface area contributed by atoms with E-state index in [1.165, 1.54) is 0 Å². The SMILES string of the molecule is CC(C)(C)Cc1cc(-c2onc([C@@H](CCC(=O)O)CC(=O)Cc3ccc(Cl)cc3Cl)c2C2CC2)no1.CC(C)(C)Cc1cc(-c2onc([C@@H](CCC(=O)[O-])CC(=O)Cc3ccc(Cl)cc3Cl)c2C2CC2)no1.[Na+]. The van der Waals surface area contributed by atoms with Gasteiger partial charge in [0.05, 0.1) is 11.4 Å². The number of aliphatic carboxylic acids is 2. The Morgan fingerprint density at radius 3 is 1.36 bits per heavy atom. The summed E-state index contributed by atoms with van der Waals surface area (Å²) in [6.07, 6.45) is 6.03. The van der Waals surface area contributed by atoms with Crippen LogP contribution in [0.25, 0.3) is 22.9 Å². The normalized spacial score (nSPS) is 14.5. The molecule has 2 aromatic carbocycles. The first-order valence-corrected chi connectivity index (χ1v) is 25.7. The first-order chi connectivity index (χ1) is 34.0. The molecule has 2 aliphatic carbocycles. The van der Waals surface area contributed by atoms with Crippen molar-refractivity contribution >= 4 is 69.9 Å². The first kappa shape index (κ1) is 58.0. The fourth-order valence-corrected chi connectivity index (χ4v) is 9.82. The van der Waals surface area contributed by atoms with Gasteiger partial charge in [-0.05, 0) is 103 Å². The number of carbonyl (C=O) groups is 4. The Bertz CT molecular complexity index is 2710. The summed E-state index contributed by atoms with van der Waals surface area (Å²) < 4.78 is 22.7. The molecule has 384 valence electrons. The Balaban J connectivity index is 0.000000235. The van der Waals surface area contributed by atoms with Gasteiger partial charge in [0.2, 0.25) is 0 Å². The van der Waals surface area contributed by atoms with Gasteiger partial charge in [0, 0.05) is 106 Å². The molecule has 2 fully saturated rings. The molecule has 2 saturated carbocycles. The van der Waals surface area contributed by atoms with Gasteiger partial charge in [-0.1, -0.05) is 121 Å². The third-order valence-corrected chi connectivity index (χ3v) is 13.6. The molecule has 0 bridgehead atoms. The molecule has 4 heterocycles. The second kappa shape index (κ2) is 25.0. The van der Waals surface area contributed by atoms with Crippen LogP contribution in [-0.2, 0) is 44.9 Å². The number of halogens is 4. The summed E-state index contributed by atoms with van der Waals surface area (Å²) >= 11 is 24.5.